The molecule has 2 aliphatic rings. The normalized spacial score (nSPS) is 18.8. The average molecular weight is 423 g/mol. The van der Waals surface area contributed by atoms with Crippen LogP contribution in [-0.4, -0.2) is 58.2 Å². The lowest BCUT2D eigenvalue weighted by Gasteiger charge is -2.29. The first-order valence-electron chi connectivity index (χ1n) is 10.3. The van der Waals surface area contributed by atoms with E-state index >= 15 is 0 Å². The van der Waals surface area contributed by atoms with Crippen molar-refractivity contribution in [3.8, 4) is 5.75 Å². The summed E-state index contributed by atoms with van der Waals surface area (Å²) in [5.74, 6) is 0.370. The van der Waals surface area contributed by atoms with Crippen LogP contribution in [0, 0.1) is 0 Å². The third kappa shape index (κ3) is 6.29. The van der Waals surface area contributed by atoms with Gasteiger partial charge in [0.2, 0.25) is 10.0 Å². The second-order valence-electron chi connectivity index (χ2n) is 7.43. The topological polar surface area (TPSA) is 84.9 Å². The van der Waals surface area contributed by atoms with Crippen molar-refractivity contribution < 1.29 is 22.7 Å². The van der Waals surface area contributed by atoms with Crippen molar-refractivity contribution in [2.24, 2.45) is 0 Å². The van der Waals surface area contributed by atoms with E-state index in [0.29, 0.717) is 38.6 Å². The first kappa shape index (κ1) is 21.8. The minimum atomic E-state index is -3.56. The van der Waals surface area contributed by atoms with Gasteiger partial charge in [0.05, 0.1) is 18.1 Å². The smallest absolute Gasteiger partial charge is 0.263 e. The number of nitrogens with one attached hydrogen (secondary N) is 1. The molecule has 3 rings (SSSR count). The van der Waals surface area contributed by atoms with E-state index in [2.05, 4.69) is 10.8 Å². The van der Waals surface area contributed by atoms with Gasteiger partial charge < -0.3 is 14.4 Å². The van der Waals surface area contributed by atoms with Crippen molar-refractivity contribution in [1.29, 1.82) is 0 Å². The Morgan fingerprint density at radius 1 is 1.21 bits per heavy atom. The van der Waals surface area contributed by atoms with Gasteiger partial charge in [-0.15, -0.1) is 0 Å². The molecule has 0 aromatic heterocycles. The van der Waals surface area contributed by atoms with Crippen LogP contribution in [0.15, 0.2) is 40.8 Å². The number of allylic oxidation sites excluding steroid dienone is 1. The monoisotopic (exact) mass is 422 g/mol. The van der Waals surface area contributed by atoms with Gasteiger partial charge in [-0.1, -0.05) is 11.6 Å². The van der Waals surface area contributed by atoms with E-state index in [1.165, 1.54) is 30.5 Å². The summed E-state index contributed by atoms with van der Waals surface area (Å²) in [5.41, 5.74) is 1.33. The molecule has 1 aliphatic heterocycles. The summed E-state index contributed by atoms with van der Waals surface area (Å²) in [7, 11) is -3.56. The van der Waals surface area contributed by atoms with Crippen LogP contribution in [0.2, 0.25) is 0 Å². The highest BCUT2D eigenvalue weighted by Crippen LogP contribution is 2.21. The number of nitrogens with zero attached hydrogens (tertiary/aromatic N) is 1. The third-order valence-electron chi connectivity index (χ3n) is 5.24. The molecule has 1 atom stereocenters. The first-order chi connectivity index (χ1) is 14.0. The Morgan fingerprint density at radius 3 is 2.59 bits per heavy atom. The largest absolute Gasteiger partial charge is 0.481 e. The molecule has 1 aliphatic carbocycles. The molecule has 0 saturated carbocycles. The molecule has 1 aromatic rings. The van der Waals surface area contributed by atoms with Crippen LogP contribution in [-0.2, 0) is 19.6 Å². The maximum absolute atomic E-state index is 12.5. The maximum Gasteiger partial charge on any atom is 0.263 e. The van der Waals surface area contributed by atoms with Crippen LogP contribution in [0.4, 0.5) is 0 Å². The van der Waals surface area contributed by atoms with Crippen molar-refractivity contribution in [3.63, 3.8) is 0 Å². The van der Waals surface area contributed by atoms with Crippen LogP contribution >= 0.6 is 0 Å². The summed E-state index contributed by atoms with van der Waals surface area (Å²) < 4.78 is 38.6. The number of morpholine rings is 1. The minimum absolute atomic E-state index is 0.0938. The number of hydrogen-bond acceptors (Lipinski definition) is 5. The van der Waals surface area contributed by atoms with Crippen LogP contribution in [0.5, 0.6) is 5.75 Å². The molecule has 8 heteroatoms. The first-order valence-corrected chi connectivity index (χ1v) is 11.7. The predicted octanol–water partition coefficient (Wildman–Crippen LogP) is 2.48. The molecule has 1 fully saturated rings. The molecule has 1 amide bonds. The number of hydrogen-bond donors (Lipinski definition) is 1. The molecular weight excluding hydrogens is 392 g/mol. The molecule has 1 N–H and O–H groups in total. The average Bonchev–Trinajstić information content (AvgIpc) is 2.75. The molecule has 7 nitrogen and oxygen atoms in total. The van der Waals surface area contributed by atoms with Crippen LogP contribution in [0.1, 0.15) is 39.0 Å². The lowest BCUT2D eigenvalue weighted by atomic mass is 9.97. The Hall–Kier alpha value is -1.90. The Bertz CT molecular complexity index is 814. The summed E-state index contributed by atoms with van der Waals surface area (Å²) in [6.45, 7) is 4.30. The van der Waals surface area contributed by atoms with Gasteiger partial charge in [0.1, 0.15) is 5.75 Å². The molecule has 1 saturated heterocycles. The summed E-state index contributed by atoms with van der Waals surface area (Å²) in [6.07, 6.45) is 6.90. The molecule has 160 valence electrons. The van der Waals surface area contributed by atoms with Gasteiger partial charge in [0.25, 0.3) is 5.91 Å². The molecule has 0 unspecified atom stereocenters. The minimum Gasteiger partial charge on any atom is -0.481 e. The predicted molar refractivity (Wildman–Crippen MR) is 110 cm³/mol. The van der Waals surface area contributed by atoms with Crippen molar-refractivity contribution in [3.05, 3.63) is 35.9 Å². The van der Waals surface area contributed by atoms with Crippen LogP contribution in [0.25, 0.3) is 0 Å². The fraction of sp³-hybridized carbons (Fsp3) is 0.571. The highest BCUT2D eigenvalue weighted by Gasteiger charge is 2.24. The van der Waals surface area contributed by atoms with E-state index in [1.54, 1.807) is 24.0 Å². The second-order valence-corrected chi connectivity index (χ2v) is 9.19. The van der Waals surface area contributed by atoms with Gasteiger partial charge in [-0.05, 0) is 63.3 Å². The standard InChI is InChI=1S/C21H30N2O5S/c1-17(21(24)23-13-15-27-16-14-23)28-19-7-9-20(10-8-19)29(25,26)22-12-11-18-5-3-2-4-6-18/h5,7-10,17,22H,2-4,6,11-16H2,1H3/t17-/m1/s1. The second kappa shape index (κ2) is 10.2. The highest BCUT2D eigenvalue weighted by molar-refractivity contribution is 7.89. The van der Waals surface area contributed by atoms with E-state index in [1.807, 2.05) is 0 Å². The number of amides is 1. The Kier molecular flexibility index (Phi) is 7.69. The SMILES string of the molecule is C[C@@H](Oc1ccc(S(=O)(=O)NCCC2=CCCCC2)cc1)C(=O)N1CCOCC1. The number of ether oxygens (including phenoxy) is 2. The molecule has 29 heavy (non-hydrogen) atoms. The van der Waals surface area contributed by atoms with E-state index in [4.69, 9.17) is 9.47 Å². The zero-order chi connectivity index (χ0) is 20.7. The highest BCUT2D eigenvalue weighted by atomic mass is 32.2. The molecule has 0 bridgehead atoms. The molecular formula is C21H30N2O5S. The Balaban J connectivity index is 1.51. The summed E-state index contributed by atoms with van der Waals surface area (Å²) in [6, 6.07) is 6.18. The Morgan fingerprint density at radius 2 is 1.93 bits per heavy atom. The fourth-order valence-electron chi connectivity index (χ4n) is 3.55. The van der Waals surface area contributed by atoms with Crippen molar-refractivity contribution in [2.75, 3.05) is 32.8 Å². The van der Waals surface area contributed by atoms with E-state index in [0.717, 1.165) is 19.3 Å². The zero-order valence-electron chi connectivity index (χ0n) is 16.9. The molecule has 0 spiro atoms. The zero-order valence-corrected chi connectivity index (χ0v) is 17.7. The van der Waals surface area contributed by atoms with Gasteiger partial charge in [0, 0.05) is 19.6 Å². The third-order valence-corrected chi connectivity index (χ3v) is 6.72. The number of carbonyl (C=O) groups excluding carboxylic acids is 1. The summed E-state index contributed by atoms with van der Waals surface area (Å²) in [5, 5.41) is 0. The number of rotatable bonds is 8. The van der Waals surface area contributed by atoms with E-state index in [9.17, 15) is 13.2 Å². The van der Waals surface area contributed by atoms with Gasteiger partial charge in [-0.3, -0.25) is 4.79 Å². The Labute approximate surface area is 173 Å². The molecule has 1 heterocycles. The lowest BCUT2D eigenvalue weighted by Crippen LogP contribution is -2.46. The number of carbonyl (C=O) groups is 1. The van der Waals surface area contributed by atoms with Crippen molar-refractivity contribution >= 4 is 15.9 Å². The van der Waals surface area contributed by atoms with E-state index in [-0.39, 0.29) is 10.8 Å². The van der Waals surface area contributed by atoms with Crippen LogP contribution in [0.3, 0.4) is 0 Å². The van der Waals surface area contributed by atoms with E-state index < -0.39 is 16.1 Å². The van der Waals surface area contributed by atoms with Crippen LogP contribution < -0.4 is 9.46 Å². The quantitative estimate of drug-likeness (QED) is 0.651. The lowest BCUT2D eigenvalue weighted by molar-refractivity contribution is -0.142. The number of benzene rings is 1. The van der Waals surface area contributed by atoms with Gasteiger partial charge in [-0.2, -0.15) is 0 Å². The molecule has 1 aromatic carbocycles. The van der Waals surface area contributed by atoms with Crippen molar-refractivity contribution in [1.82, 2.24) is 9.62 Å². The van der Waals surface area contributed by atoms with Gasteiger partial charge in [0.15, 0.2) is 6.10 Å². The summed E-state index contributed by atoms with van der Waals surface area (Å²) in [4.78, 5) is 14.3. The maximum atomic E-state index is 12.5. The van der Waals surface area contributed by atoms with Gasteiger partial charge >= 0.3 is 0 Å². The molecule has 0 radical (unpaired) electrons. The summed E-state index contributed by atoms with van der Waals surface area (Å²) >= 11 is 0. The number of sulfonamides is 1. The fourth-order valence-corrected chi connectivity index (χ4v) is 4.59. The van der Waals surface area contributed by atoms with Crippen molar-refractivity contribution in [2.45, 2.75) is 50.0 Å². The van der Waals surface area contributed by atoms with Gasteiger partial charge in [-0.25, -0.2) is 13.1 Å².